The summed E-state index contributed by atoms with van der Waals surface area (Å²) < 4.78 is 6.48. The van der Waals surface area contributed by atoms with Crippen molar-refractivity contribution in [1.29, 1.82) is 5.26 Å². The zero-order valence-electron chi connectivity index (χ0n) is 12.1. The summed E-state index contributed by atoms with van der Waals surface area (Å²) in [6.07, 6.45) is 3.85. The van der Waals surface area contributed by atoms with Crippen LogP contribution >= 0.6 is 15.9 Å². The highest BCUT2D eigenvalue weighted by molar-refractivity contribution is 9.10. The van der Waals surface area contributed by atoms with E-state index >= 15 is 0 Å². The number of rotatable bonds is 6. The molecular formula is C16H17BrN2O3. The second-order valence-corrected chi connectivity index (χ2v) is 5.92. The van der Waals surface area contributed by atoms with E-state index in [0.717, 1.165) is 24.1 Å². The molecule has 1 aliphatic rings. The number of halogens is 1. The van der Waals surface area contributed by atoms with Gasteiger partial charge in [0.15, 0.2) is 0 Å². The van der Waals surface area contributed by atoms with Crippen LogP contribution in [0.4, 0.5) is 0 Å². The van der Waals surface area contributed by atoms with Gasteiger partial charge in [0.25, 0.3) is 0 Å². The lowest BCUT2D eigenvalue weighted by molar-refractivity contribution is -0.132. The summed E-state index contributed by atoms with van der Waals surface area (Å²) in [5.74, 6) is -0.519. The van der Waals surface area contributed by atoms with Crippen LogP contribution in [0.1, 0.15) is 18.4 Å². The van der Waals surface area contributed by atoms with Crippen LogP contribution in [-0.2, 0) is 4.79 Å². The number of carboxylic acid groups (broad SMARTS) is 1. The van der Waals surface area contributed by atoms with Gasteiger partial charge in [0.1, 0.15) is 24.0 Å². The third-order valence-corrected chi connectivity index (χ3v) is 4.10. The molecule has 1 aromatic carbocycles. The second kappa shape index (κ2) is 7.97. The highest BCUT2D eigenvalue weighted by atomic mass is 79.9. The van der Waals surface area contributed by atoms with Gasteiger partial charge >= 0.3 is 5.97 Å². The molecule has 6 heteroatoms. The molecular weight excluding hydrogens is 348 g/mol. The summed E-state index contributed by atoms with van der Waals surface area (Å²) in [5.41, 5.74) is 0.340. The van der Waals surface area contributed by atoms with Crippen molar-refractivity contribution in [2.45, 2.75) is 12.8 Å². The SMILES string of the molecule is N#CC(=Cc1ccc(OCCN2CCCC2)c(Br)c1)C(=O)O. The Balaban J connectivity index is 1.97. The Hall–Kier alpha value is -1.84. The summed E-state index contributed by atoms with van der Waals surface area (Å²) in [4.78, 5) is 13.2. The molecule has 22 heavy (non-hydrogen) atoms. The molecule has 0 bridgehead atoms. The Kier molecular flexibility index (Phi) is 5.99. The van der Waals surface area contributed by atoms with Gasteiger partial charge in [-0.15, -0.1) is 0 Å². The lowest BCUT2D eigenvalue weighted by atomic mass is 10.1. The van der Waals surface area contributed by atoms with E-state index < -0.39 is 5.97 Å². The minimum absolute atomic E-state index is 0.297. The number of ether oxygens (including phenoxy) is 1. The third-order valence-electron chi connectivity index (χ3n) is 3.48. The first kappa shape index (κ1) is 16.5. The topological polar surface area (TPSA) is 73.6 Å². The van der Waals surface area contributed by atoms with Crippen molar-refractivity contribution < 1.29 is 14.6 Å². The van der Waals surface area contributed by atoms with Crippen LogP contribution in [-0.4, -0.2) is 42.2 Å². The number of nitriles is 1. The average Bonchev–Trinajstić information content (AvgIpc) is 3.00. The molecule has 1 N–H and O–H groups in total. The molecule has 0 spiro atoms. The number of carboxylic acids is 1. The molecule has 0 aromatic heterocycles. The van der Waals surface area contributed by atoms with Gasteiger partial charge in [0, 0.05) is 6.54 Å². The van der Waals surface area contributed by atoms with Crippen molar-refractivity contribution in [2.75, 3.05) is 26.2 Å². The van der Waals surface area contributed by atoms with Gasteiger partial charge in [-0.1, -0.05) is 6.07 Å². The normalized spacial score (nSPS) is 15.5. The van der Waals surface area contributed by atoms with Gasteiger partial charge in [0.2, 0.25) is 0 Å². The first-order valence-electron chi connectivity index (χ1n) is 7.10. The molecule has 0 atom stereocenters. The van der Waals surface area contributed by atoms with E-state index in [0.29, 0.717) is 17.9 Å². The molecule has 0 amide bonds. The van der Waals surface area contributed by atoms with Crippen LogP contribution < -0.4 is 4.74 Å². The lowest BCUT2D eigenvalue weighted by Crippen LogP contribution is -2.25. The average molecular weight is 365 g/mol. The van der Waals surface area contributed by atoms with Crippen molar-refractivity contribution in [3.8, 4) is 11.8 Å². The summed E-state index contributed by atoms with van der Waals surface area (Å²) in [6, 6.07) is 6.91. The summed E-state index contributed by atoms with van der Waals surface area (Å²) in [6.45, 7) is 3.80. The largest absolute Gasteiger partial charge is 0.491 e. The number of hydrogen-bond donors (Lipinski definition) is 1. The Morgan fingerprint density at radius 1 is 1.45 bits per heavy atom. The van der Waals surface area contributed by atoms with Crippen molar-refractivity contribution in [3.63, 3.8) is 0 Å². The highest BCUT2D eigenvalue weighted by Gasteiger charge is 2.11. The number of nitrogens with zero attached hydrogens (tertiary/aromatic N) is 2. The smallest absolute Gasteiger partial charge is 0.346 e. The molecule has 1 heterocycles. The second-order valence-electron chi connectivity index (χ2n) is 5.06. The molecule has 0 unspecified atom stereocenters. The van der Waals surface area contributed by atoms with Gasteiger partial charge in [0.05, 0.1) is 4.47 Å². The Labute approximate surface area is 137 Å². The fourth-order valence-corrected chi connectivity index (χ4v) is 2.83. The zero-order valence-corrected chi connectivity index (χ0v) is 13.7. The Bertz CT molecular complexity index is 616. The maximum absolute atomic E-state index is 10.8. The molecule has 1 aliphatic heterocycles. The Morgan fingerprint density at radius 3 is 2.77 bits per heavy atom. The van der Waals surface area contributed by atoms with E-state index in [1.807, 2.05) is 0 Å². The fraction of sp³-hybridized carbons (Fsp3) is 0.375. The number of carbonyl (C=O) groups is 1. The molecule has 116 valence electrons. The predicted octanol–water partition coefficient (Wildman–Crippen LogP) is 2.92. The zero-order chi connectivity index (χ0) is 15.9. The lowest BCUT2D eigenvalue weighted by Gasteiger charge is -2.15. The Morgan fingerprint density at radius 2 is 2.18 bits per heavy atom. The maximum atomic E-state index is 10.8. The van der Waals surface area contributed by atoms with Crippen LogP contribution in [0.5, 0.6) is 5.75 Å². The summed E-state index contributed by atoms with van der Waals surface area (Å²) in [7, 11) is 0. The number of aliphatic carboxylic acids is 1. The monoisotopic (exact) mass is 364 g/mol. The van der Waals surface area contributed by atoms with Gasteiger partial charge in [-0.05, 0) is 65.6 Å². The third kappa shape index (κ3) is 4.58. The van der Waals surface area contributed by atoms with Gasteiger partial charge < -0.3 is 9.84 Å². The van der Waals surface area contributed by atoms with Crippen molar-refractivity contribution in [1.82, 2.24) is 4.90 Å². The minimum Gasteiger partial charge on any atom is -0.491 e. The predicted molar refractivity (Wildman–Crippen MR) is 86.5 cm³/mol. The van der Waals surface area contributed by atoms with E-state index in [-0.39, 0.29) is 5.57 Å². The minimum atomic E-state index is -1.23. The van der Waals surface area contributed by atoms with Crippen LogP contribution in [0, 0.1) is 11.3 Å². The summed E-state index contributed by atoms with van der Waals surface area (Å²) in [5, 5.41) is 17.6. The van der Waals surface area contributed by atoms with Crippen molar-refractivity contribution in [2.24, 2.45) is 0 Å². The standard InChI is InChI=1S/C16H17BrN2O3/c17-14-10-12(9-13(11-18)16(20)21)3-4-15(14)22-8-7-19-5-1-2-6-19/h3-4,9-10H,1-2,5-8H2,(H,20,21). The number of hydrogen-bond acceptors (Lipinski definition) is 4. The first-order valence-corrected chi connectivity index (χ1v) is 7.89. The van der Waals surface area contributed by atoms with Gasteiger partial charge in [-0.2, -0.15) is 5.26 Å². The van der Waals surface area contributed by atoms with Crippen LogP contribution in [0.25, 0.3) is 6.08 Å². The van der Waals surface area contributed by atoms with E-state index in [4.69, 9.17) is 15.1 Å². The molecule has 0 aliphatic carbocycles. The molecule has 2 rings (SSSR count). The molecule has 0 radical (unpaired) electrons. The molecule has 1 saturated heterocycles. The van der Waals surface area contributed by atoms with E-state index in [2.05, 4.69) is 20.8 Å². The quantitative estimate of drug-likeness (QED) is 0.620. The van der Waals surface area contributed by atoms with E-state index in [9.17, 15) is 4.79 Å². The fourth-order valence-electron chi connectivity index (χ4n) is 2.32. The molecule has 1 aromatic rings. The van der Waals surface area contributed by atoms with Crippen LogP contribution in [0.15, 0.2) is 28.2 Å². The number of benzene rings is 1. The summed E-state index contributed by atoms with van der Waals surface area (Å²) >= 11 is 3.41. The van der Waals surface area contributed by atoms with Crippen molar-refractivity contribution >= 4 is 28.0 Å². The van der Waals surface area contributed by atoms with Crippen LogP contribution in [0.2, 0.25) is 0 Å². The first-order chi connectivity index (χ1) is 10.6. The molecule has 5 nitrogen and oxygen atoms in total. The van der Waals surface area contributed by atoms with Crippen LogP contribution in [0.3, 0.4) is 0 Å². The van der Waals surface area contributed by atoms with E-state index in [1.54, 1.807) is 24.3 Å². The van der Waals surface area contributed by atoms with Gasteiger partial charge in [-0.25, -0.2) is 4.79 Å². The van der Waals surface area contributed by atoms with Gasteiger partial charge in [-0.3, -0.25) is 4.90 Å². The highest BCUT2D eigenvalue weighted by Crippen LogP contribution is 2.27. The van der Waals surface area contributed by atoms with Crippen molar-refractivity contribution in [3.05, 3.63) is 33.8 Å². The molecule has 1 fully saturated rings. The molecule has 0 saturated carbocycles. The number of likely N-dealkylation sites (tertiary alicyclic amines) is 1. The van der Waals surface area contributed by atoms with E-state index in [1.165, 1.54) is 18.9 Å². The maximum Gasteiger partial charge on any atom is 0.346 e.